The van der Waals surface area contributed by atoms with Gasteiger partial charge in [-0.05, 0) is 37.0 Å². The Morgan fingerprint density at radius 3 is 2.72 bits per heavy atom. The van der Waals surface area contributed by atoms with E-state index in [-0.39, 0.29) is 24.2 Å². The molecule has 1 aliphatic heterocycles. The Bertz CT molecular complexity index is 784. The van der Waals surface area contributed by atoms with Crippen molar-refractivity contribution >= 4 is 17.6 Å². The summed E-state index contributed by atoms with van der Waals surface area (Å²) in [6.07, 6.45) is 2.75. The zero-order valence-corrected chi connectivity index (χ0v) is 14.8. The standard InChI is InChI=1S/C19H23N3O3/c1-4-21-10-9-15(20-21)12-17(23)22-16-8-6-5-7-14(16)11-13(2)18(22)19(24)25-3/h5-10,13,18H,4,11-12H2,1-3H3/t13-,18+/m1/s1. The van der Waals surface area contributed by atoms with Gasteiger partial charge < -0.3 is 4.74 Å². The van der Waals surface area contributed by atoms with E-state index in [4.69, 9.17) is 4.74 Å². The highest BCUT2D eigenvalue weighted by Gasteiger charge is 2.40. The highest BCUT2D eigenvalue weighted by molar-refractivity contribution is 6.01. The molecule has 0 unspecified atom stereocenters. The third kappa shape index (κ3) is 3.29. The number of esters is 1. The molecule has 0 N–H and O–H groups in total. The monoisotopic (exact) mass is 341 g/mol. The number of carbonyl (C=O) groups excluding carboxylic acids is 2. The molecule has 2 heterocycles. The van der Waals surface area contributed by atoms with Crippen molar-refractivity contribution in [3.63, 3.8) is 0 Å². The highest BCUT2D eigenvalue weighted by atomic mass is 16.5. The highest BCUT2D eigenvalue weighted by Crippen LogP contribution is 2.34. The predicted octanol–water partition coefficient (Wildman–Crippen LogP) is 2.21. The third-order valence-corrected chi connectivity index (χ3v) is 4.67. The molecule has 2 atom stereocenters. The molecule has 25 heavy (non-hydrogen) atoms. The molecule has 0 spiro atoms. The number of para-hydroxylation sites is 1. The number of ether oxygens (including phenoxy) is 1. The number of anilines is 1. The van der Waals surface area contributed by atoms with E-state index < -0.39 is 6.04 Å². The molecular formula is C19H23N3O3. The number of benzene rings is 1. The maximum Gasteiger partial charge on any atom is 0.329 e. The number of methoxy groups -OCH3 is 1. The van der Waals surface area contributed by atoms with Gasteiger partial charge in [-0.15, -0.1) is 0 Å². The Balaban J connectivity index is 1.95. The number of hydrogen-bond donors (Lipinski definition) is 0. The van der Waals surface area contributed by atoms with Crippen LogP contribution in [0.1, 0.15) is 25.1 Å². The third-order valence-electron chi connectivity index (χ3n) is 4.67. The number of aryl methyl sites for hydroxylation is 1. The van der Waals surface area contributed by atoms with Gasteiger partial charge in [0.05, 0.1) is 19.2 Å². The van der Waals surface area contributed by atoms with Crippen molar-refractivity contribution in [1.82, 2.24) is 9.78 Å². The van der Waals surface area contributed by atoms with Crippen LogP contribution in [0.5, 0.6) is 0 Å². The maximum absolute atomic E-state index is 13.1. The average molecular weight is 341 g/mol. The van der Waals surface area contributed by atoms with Gasteiger partial charge in [-0.1, -0.05) is 25.1 Å². The minimum absolute atomic E-state index is 0.0144. The van der Waals surface area contributed by atoms with Crippen molar-refractivity contribution in [2.45, 2.75) is 39.3 Å². The predicted molar refractivity (Wildman–Crippen MR) is 94.2 cm³/mol. The molecule has 0 saturated heterocycles. The summed E-state index contributed by atoms with van der Waals surface area (Å²) in [5.41, 5.74) is 2.56. The van der Waals surface area contributed by atoms with Crippen LogP contribution in [0.15, 0.2) is 36.5 Å². The van der Waals surface area contributed by atoms with Crippen LogP contribution in [-0.2, 0) is 33.7 Å². The topological polar surface area (TPSA) is 64.4 Å². The number of rotatable bonds is 4. The van der Waals surface area contributed by atoms with Gasteiger partial charge in [0.2, 0.25) is 5.91 Å². The van der Waals surface area contributed by atoms with Crippen LogP contribution in [0.25, 0.3) is 0 Å². The second kappa shape index (κ2) is 7.09. The first-order valence-corrected chi connectivity index (χ1v) is 8.55. The zero-order chi connectivity index (χ0) is 18.0. The summed E-state index contributed by atoms with van der Waals surface area (Å²) < 4.78 is 6.76. The molecule has 0 aliphatic carbocycles. The smallest absolute Gasteiger partial charge is 0.329 e. The summed E-state index contributed by atoms with van der Waals surface area (Å²) in [5.74, 6) is -0.537. The molecule has 2 aromatic rings. The Hall–Kier alpha value is -2.63. The number of nitrogens with zero attached hydrogens (tertiary/aromatic N) is 3. The Labute approximate surface area is 147 Å². The first-order valence-electron chi connectivity index (χ1n) is 8.55. The van der Waals surface area contributed by atoms with Gasteiger partial charge in [-0.2, -0.15) is 5.10 Å². The van der Waals surface area contributed by atoms with Crippen LogP contribution in [-0.4, -0.2) is 34.8 Å². The normalized spacial score (nSPS) is 19.4. The number of aromatic nitrogens is 2. The SMILES string of the molecule is CCn1ccc(CC(=O)N2c3ccccc3C[C@@H](C)[C@H]2C(=O)OC)n1. The summed E-state index contributed by atoms with van der Waals surface area (Å²) in [5, 5.41) is 4.38. The molecular weight excluding hydrogens is 318 g/mol. The van der Waals surface area contributed by atoms with Crippen LogP contribution < -0.4 is 4.90 Å². The van der Waals surface area contributed by atoms with E-state index in [9.17, 15) is 9.59 Å². The first-order chi connectivity index (χ1) is 12.0. The van der Waals surface area contributed by atoms with Crippen molar-refractivity contribution < 1.29 is 14.3 Å². The molecule has 0 radical (unpaired) electrons. The summed E-state index contributed by atoms with van der Waals surface area (Å²) in [6, 6.07) is 8.96. The summed E-state index contributed by atoms with van der Waals surface area (Å²) in [6.45, 7) is 4.72. The molecule has 0 bridgehead atoms. The van der Waals surface area contributed by atoms with Gasteiger partial charge in [0.15, 0.2) is 0 Å². The van der Waals surface area contributed by atoms with Gasteiger partial charge in [-0.3, -0.25) is 14.4 Å². The average Bonchev–Trinajstić information content (AvgIpc) is 3.07. The quantitative estimate of drug-likeness (QED) is 0.800. The second-order valence-electron chi connectivity index (χ2n) is 6.38. The van der Waals surface area contributed by atoms with Gasteiger partial charge in [0, 0.05) is 18.4 Å². The molecule has 3 rings (SSSR count). The van der Waals surface area contributed by atoms with Crippen molar-refractivity contribution in [2.24, 2.45) is 5.92 Å². The van der Waals surface area contributed by atoms with E-state index in [1.54, 1.807) is 9.58 Å². The molecule has 1 aliphatic rings. The zero-order valence-electron chi connectivity index (χ0n) is 14.8. The van der Waals surface area contributed by atoms with Gasteiger partial charge in [0.25, 0.3) is 0 Å². The molecule has 6 heteroatoms. The molecule has 1 amide bonds. The van der Waals surface area contributed by atoms with E-state index in [1.807, 2.05) is 50.4 Å². The number of carbonyl (C=O) groups is 2. The van der Waals surface area contributed by atoms with Crippen LogP contribution in [0, 0.1) is 5.92 Å². The fourth-order valence-electron chi connectivity index (χ4n) is 3.44. The fourth-order valence-corrected chi connectivity index (χ4v) is 3.44. The van der Waals surface area contributed by atoms with Crippen LogP contribution >= 0.6 is 0 Å². The molecule has 0 fully saturated rings. The van der Waals surface area contributed by atoms with Crippen molar-refractivity contribution in [3.05, 3.63) is 47.8 Å². The lowest BCUT2D eigenvalue weighted by Crippen LogP contribution is -2.53. The van der Waals surface area contributed by atoms with Gasteiger partial charge >= 0.3 is 5.97 Å². The molecule has 6 nitrogen and oxygen atoms in total. The van der Waals surface area contributed by atoms with E-state index in [1.165, 1.54) is 7.11 Å². The first kappa shape index (κ1) is 17.2. The van der Waals surface area contributed by atoms with E-state index in [0.29, 0.717) is 5.69 Å². The van der Waals surface area contributed by atoms with E-state index >= 15 is 0 Å². The molecule has 1 aromatic heterocycles. The van der Waals surface area contributed by atoms with Crippen molar-refractivity contribution in [2.75, 3.05) is 12.0 Å². The Morgan fingerprint density at radius 1 is 1.28 bits per heavy atom. The van der Waals surface area contributed by atoms with Crippen molar-refractivity contribution in [3.8, 4) is 0 Å². The maximum atomic E-state index is 13.1. The van der Waals surface area contributed by atoms with E-state index in [2.05, 4.69) is 5.10 Å². The van der Waals surface area contributed by atoms with Crippen LogP contribution in [0.3, 0.4) is 0 Å². The molecule has 1 aromatic carbocycles. The van der Waals surface area contributed by atoms with Crippen molar-refractivity contribution in [1.29, 1.82) is 0 Å². The largest absolute Gasteiger partial charge is 0.467 e. The molecule has 132 valence electrons. The fraction of sp³-hybridized carbons (Fsp3) is 0.421. The Kier molecular flexibility index (Phi) is 4.88. The van der Waals surface area contributed by atoms with Crippen LogP contribution in [0.2, 0.25) is 0 Å². The lowest BCUT2D eigenvalue weighted by molar-refractivity contribution is -0.145. The second-order valence-corrected chi connectivity index (χ2v) is 6.38. The number of fused-ring (bicyclic) bond motifs is 1. The van der Waals surface area contributed by atoms with Gasteiger partial charge in [0.1, 0.15) is 6.04 Å². The number of amides is 1. The number of hydrogen-bond acceptors (Lipinski definition) is 4. The lowest BCUT2D eigenvalue weighted by Gasteiger charge is -2.39. The lowest BCUT2D eigenvalue weighted by atomic mass is 9.86. The van der Waals surface area contributed by atoms with Crippen LogP contribution in [0.4, 0.5) is 5.69 Å². The van der Waals surface area contributed by atoms with Gasteiger partial charge in [-0.25, -0.2) is 4.79 Å². The van der Waals surface area contributed by atoms with E-state index in [0.717, 1.165) is 24.2 Å². The minimum Gasteiger partial charge on any atom is -0.467 e. The minimum atomic E-state index is -0.610. The molecule has 0 saturated carbocycles. The summed E-state index contributed by atoms with van der Waals surface area (Å²) in [7, 11) is 1.36. The summed E-state index contributed by atoms with van der Waals surface area (Å²) >= 11 is 0. The Morgan fingerprint density at radius 2 is 2.04 bits per heavy atom. The summed E-state index contributed by atoms with van der Waals surface area (Å²) in [4.78, 5) is 27.0.